The van der Waals surface area contributed by atoms with Crippen molar-refractivity contribution in [2.75, 3.05) is 33.4 Å². The molecule has 0 aromatic heterocycles. The fourth-order valence-corrected chi connectivity index (χ4v) is 1.68. The van der Waals surface area contributed by atoms with Crippen LogP contribution in [0.5, 0.6) is 5.75 Å². The molecular formula is C15H21N3O3. The van der Waals surface area contributed by atoms with Crippen LogP contribution < -0.4 is 15.4 Å². The minimum Gasteiger partial charge on any atom is -0.479 e. The second kappa shape index (κ2) is 10.7. The second-order valence-corrected chi connectivity index (χ2v) is 4.36. The average molecular weight is 291 g/mol. The summed E-state index contributed by atoms with van der Waals surface area (Å²) in [5.41, 5.74) is 1.05. The van der Waals surface area contributed by atoms with E-state index in [1.807, 2.05) is 30.3 Å². The number of ether oxygens (including phenoxy) is 2. The minimum atomic E-state index is 0.00524. The lowest BCUT2D eigenvalue weighted by molar-refractivity contribution is -0.121. The van der Waals surface area contributed by atoms with Gasteiger partial charge in [-0.2, -0.15) is 5.26 Å². The van der Waals surface area contributed by atoms with Gasteiger partial charge in [0.2, 0.25) is 5.91 Å². The van der Waals surface area contributed by atoms with E-state index in [1.165, 1.54) is 0 Å². The summed E-state index contributed by atoms with van der Waals surface area (Å²) < 4.78 is 10.1. The van der Waals surface area contributed by atoms with Gasteiger partial charge in [0.15, 0.2) is 6.61 Å². The lowest BCUT2D eigenvalue weighted by Crippen LogP contribution is -2.29. The van der Waals surface area contributed by atoms with E-state index >= 15 is 0 Å². The number of carbonyl (C=O) groups is 1. The van der Waals surface area contributed by atoms with Gasteiger partial charge < -0.3 is 20.1 Å². The number of benzene rings is 1. The van der Waals surface area contributed by atoms with Crippen LogP contribution >= 0.6 is 0 Å². The van der Waals surface area contributed by atoms with E-state index in [0.717, 1.165) is 5.56 Å². The standard InChI is InChI=1S/C15H21N3O3/c1-20-10-8-18-15(19)5-7-17-12-13-3-2-4-14(11-13)21-9-6-16/h2-4,11,17H,5,7-10,12H2,1H3,(H,18,19). The van der Waals surface area contributed by atoms with Gasteiger partial charge >= 0.3 is 0 Å². The summed E-state index contributed by atoms with van der Waals surface area (Å²) in [6.07, 6.45) is 0.425. The first kappa shape index (κ1) is 17.0. The maximum absolute atomic E-state index is 11.4. The Bertz CT molecular complexity index is 471. The highest BCUT2D eigenvalue weighted by molar-refractivity contribution is 5.76. The minimum absolute atomic E-state index is 0.00524. The van der Waals surface area contributed by atoms with Crippen LogP contribution in [0.25, 0.3) is 0 Å². The molecule has 6 heteroatoms. The predicted molar refractivity (Wildman–Crippen MR) is 78.8 cm³/mol. The summed E-state index contributed by atoms with van der Waals surface area (Å²) in [5, 5.41) is 14.4. The zero-order chi connectivity index (χ0) is 15.3. The number of amides is 1. The third-order valence-corrected chi connectivity index (χ3v) is 2.69. The number of nitrogens with one attached hydrogen (secondary N) is 2. The van der Waals surface area contributed by atoms with Crippen LogP contribution in [-0.4, -0.2) is 39.3 Å². The molecule has 0 fully saturated rings. The molecule has 1 rings (SSSR count). The highest BCUT2D eigenvalue weighted by atomic mass is 16.5. The Morgan fingerprint density at radius 2 is 2.24 bits per heavy atom. The third-order valence-electron chi connectivity index (χ3n) is 2.69. The number of hydrogen-bond acceptors (Lipinski definition) is 5. The lowest BCUT2D eigenvalue weighted by atomic mass is 10.2. The van der Waals surface area contributed by atoms with Crippen LogP contribution in [-0.2, 0) is 16.1 Å². The Morgan fingerprint density at radius 3 is 3.00 bits per heavy atom. The summed E-state index contributed by atoms with van der Waals surface area (Å²) >= 11 is 0. The predicted octanol–water partition coefficient (Wildman–Crippen LogP) is 0.831. The molecule has 1 amide bonds. The van der Waals surface area contributed by atoms with Crippen LogP contribution in [0, 0.1) is 11.3 Å². The van der Waals surface area contributed by atoms with Gasteiger partial charge in [-0.3, -0.25) is 4.79 Å². The normalized spacial score (nSPS) is 9.90. The molecule has 0 atom stereocenters. The van der Waals surface area contributed by atoms with Crippen LogP contribution in [0.3, 0.4) is 0 Å². The maximum Gasteiger partial charge on any atom is 0.221 e. The van der Waals surface area contributed by atoms with E-state index in [4.69, 9.17) is 14.7 Å². The van der Waals surface area contributed by atoms with Gasteiger partial charge in [-0.05, 0) is 17.7 Å². The van der Waals surface area contributed by atoms with Crippen LogP contribution in [0.2, 0.25) is 0 Å². The molecule has 114 valence electrons. The zero-order valence-electron chi connectivity index (χ0n) is 12.2. The largest absolute Gasteiger partial charge is 0.479 e. The molecule has 0 bridgehead atoms. The Balaban J connectivity index is 2.20. The Labute approximate surface area is 125 Å². The van der Waals surface area contributed by atoms with Crippen molar-refractivity contribution in [2.45, 2.75) is 13.0 Å². The lowest BCUT2D eigenvalue weighted by Gasteiger charge is -2.08. The van der Waals surface area contributed by atoms with Crippen molar-refractivity contribution in [1.82, 2.24) is 10.6 Å². The van der Waals surface area contributed by atoms with Gasteiger partial charge in [0, 0.05) is 33.2 Å². The zero-order valence-corrected chi connectivity index (χ0v) is 12.2. The van der Waals surface area contributed by atoms with Gasteiger partial charge in [-0.15, -0.1) is 0 Å². The molecule has 6 nitrogen and oxygen atoms in total. The Kier molecular flexibility index (Phi) is 8.61. The van der Waals surface area contributed by atoms with Crippen molar-refractivity contribution in [3.8, 4) is 11.8 Å². The molecular weight excluding hydrogens is 270 g/mol. The number of hydrogen-bond donors (Lipinski definition) is 2. The van der Waals surface area contributed by atoms with E-state index in [2.05, 4.69) is 10.6 Å². The van der Waals surface area contributed by atoms with Crippen LogP contribution in [0.4, 0.5) is 0 Å². The van der Waals surface area contributed by atoms with Gasteiger partial charge in [0.1, 0.15) is 11.8 Å². The SMILES string of the molecule is COCCNC(=O)CCNCc1cccc(OCC#N)c1. The number of nitrogens with zero attached hydrogens (tertiary/aromatic N) is 1. The van der Waals surface area contributed by atoms with Gasteiger partial charge in [0.25, 0.3) is 0 Å². The van der Waals surface area contributed by atoms with Crippen molar-refractivity contribution < 1.29 is 14.3 Å². The molecule has 0 aliphatic carbocycles. The second-order valence-electron chi connectivity index (χ2n) is 4.36. The third kappa shape index (κ3) is 7.92. The van der Waals surface area contributed by atoms with Crippen molar-refractivity contribution in [1.29, 1.82) is 5.26 Å². The molecule has 2 N–H and O–H groups in total. The quantitative estimate of drug-likeness (QED) is 0.624. The highest BCUT2D eigenvalue weighted by Crippen LogP contribution is 2.12. The number of rotatable bonds is 10. The number of nitriles is 1. The Hall–Kier alpha value is -2.10. The summed E-state index contributed by atoms with van der Waals surface area (Å²) in [4.78, 5) is 11.4. The molecule has 1 aromatic rings. The van der Waals surface area contributed by atoms with Crippen molar-refractivity contribution >= 4 is 5.91 Å². The molecule has 0 spiro atoms. The van der Waals surface area contributed by atoms with Crippen LogP contribution in [0.1, 0.15) is 12.0 Å². The highest BCUT2D eigenvalue weighted by Gasteiger charge is 2.01. The molecule has 0 saturated carbocycles. The molecule has 0 aliphatic rings. The Morgan fingerprint density at radius 1 is 1.38 bits per heavy atom. The van der Waals surface area contributed by atoms with Crippen LogP contribution in [0.15, 0.2) is 24.3 Å². The van der Waals surface area contributed by atoms with E-state index in [-0.39, 0.29) is 12.5 Å². The molecule has 0 aliphatic heterocycles. The first-order valence-electron chi connectivity index (χ1n) is 6.81. The van der Waals surface area contributed by atoms with Crippen molar-refractivity contribution in [3.63, 3.8) is 0 Å². The monoisotopic (exact) mass is 291 g/mol. The van der Waals surface area contributed by atoms with Gasteiger partial charge in [0.05, 0.1) is 6.61 Å². The van der Waals surface area contributed by atoms with E-state index in [9.17, 15) is 4.79 Å². The number of carbonyl (C=O) groups excluding carboxylic acids is 1. The molecule has 0 heterocycles. The van der Waals surface area contributed by atoms with E-state index < -0.39 is 0 Å². The fourth-order valence-electron chi connectivity index (χ4n) is 1.68. The fraction of sp³-hybridized carbons (Fsp3) is 0.467. The summed E-state index contributed by atoms with van der Waals surface area (Å²) in [5.74, 6) is 0.679. The summed E-state index contributed by atoms with van der Waals surface area (Å²) in [6, 6.07) is 9.46. The van der Waals surface area contributed by atoms with Gasteiger partial charge in [-0.25, -0.2) is 0 Å². The van der Waals surface area contributed by atoms with E-state index in [0.29, 0.717) is 38.4 Å². The molecule has 0 saturated heterocycles. The summed E-state index contributed by atoms with van der Waals surface area (Å²) in [6.45, 7) is 2.35. The average Bonchev–Trinajstić information content (AvgIpc) is 2.50. The molecule has 0 unspecified atom stereocenters. The molecule has 21 heavy (non-hydrogen) atoms. The summed E-state index contributed by atoms with van der Waals surface area (Å²) in [7, 11) is 1.60. The smallest absolute Gasteiger partial charge is 0.221 e. The topological polar surface area (TPSA) is 83.4 Å². The number of methoxy groups -OCH3 is 1. The van der Waals surface area contributed by atoms with Gasteiger partial charge in [-0.1, -0.05) is 12.1 Å². The van der Waals surface area contributed by atoms with Crippen molar-refractivity contribution in [2.24, 2.45) is 0 Å². The first-order valence-corrected chi connectivity index (χ1v) is 6.81. The first-order chi connectivity index (χ1) is 10.3. The molecule has 1 aromatic carbocycles. The van der Waals surface area contributed by atoms with Crippen molar-refractivity contribution in [3.05, 3.63) is 29.8 Å². The van der Waals surface area contributed by atoms with E-state index in [1.54, 1.807) is 7.11 Å². The maximum atomic E-state index is 11.4. The molecule has 0 radical (unpaired) electrons.